The summed E-state index contributed by atoms with van der Waals surface area (Å²) in [5, 5.41) is 11.6. The summed E-state index contributed by atoms with van der Waals surface area (Å²) in [6, 6.07) is 8.64. The molecule has 0 bridgehead atoms. The first-order valence-electron chi connectivity index (χ1n) is 7.35. The number of nitrogens with zero attached hydrogens (tertiary/aromatic N) is 1. The Balaban J connectivity index is 1.83. The summed E-state index contributed by atoms with van der Waals surface area (Å²) in [4.78, 5) is 4.83. The van der Waals surface area contributed by atoms with E-state index in [1.54, 1.807) is 11.3 Å². The number of nitrogen functional groups attached to an aromatic ring is 1. The number of thiophene rings is 1. The highest BCUT2D eigenvalue weighted by Crippen LogP contribution is 2.34. The number of nitrogens with one attached hydrogen (secondary N) is 2. The van der Waals surface area contributed by atoms with Gasteiger partial charge in [-0.3, -0.25) is 0 Å². The van der Waals surface area contributed by atoms with Gasteiger partial charge in [0.15, 0.2) is 0 Å². The van der Waals surface area contributed by atoms with Crippen molar-refractivity contribution in [2.24, 2.45) is 0 Å². The quantitative estimate of drug-likeness (QED) is 0.636. The van der Waals surface area contributed by atoms with Gasteiger partial charge in [0.2, 0.25) is 0 Å². The van der Waals surface area contributed by atoms with Crippen molar-refractivity contribution < 1.29 is 0 Å². The Morgan fingerprint density at radius 3 is 2.90 bits per heavy atom. The zero-order valence-corrected chi connectivity index (χ0v) is 12.5. The summed E-state index contributed by atoms with van der Waals surface area (Å²) < 4.78 is 1.29. The molecule has 108 valence electrons. The van der Waals surface area contributed by atoms with Gasteiger partial charge in [0.25, 0.3) is 0 Å². The molecule has 0 unspecified atom stereocenters. The van der Waals surface area contributed by atoms with Crippen LogP contribution in [0.1, 0.15) is 12.8 Å². The number of fused-ring (bicyclic) bond motifs is 3. The summed E-state index contributed by atoms with van der Waals surface area (Å²) in [6.45, 7) is 2.15. The van der Waals surface area contributed by atoms with Gasteiger partial charge >= 0.3 is 0 Å². The van der Waals surface area contributed by atoms with Crippen LogP contribution in [0.5, 0.6) is 0 Å². The van der Waals surface area contributed by atoms with Crippen LogP contribution in [0.15, 0.2) is 29.6 Å². The number of rotatable bonds is 2. The number of nitrogens with two attached hydrogens (primary N) is 1. The molecule has 4 nitrogen and oxygen atoms in total. The fraction of sp³-hybridized carbons (Fsp3) is 0.312. The minimum absolute atomic E-state index is 0.500. The van der Waals surface area contributed by atoms with E-state index in [1.165, 1.54) is 15.5 Å². The van der Waals surface area contributed by atoms with Crippen LogP contribution in [0.3, 0.4) is 0 Å². The Bertz CT molecular complexity index is 789. The molecule has 4 N–H and O–H groups in total. The maximum absolute atomic E-state index is 5.91. The SMILES string of the molecule is Nc1ccc2c(c1)nc(NC1CCNCC1)c1ccsc12. The van der Waals surface area contributed by atoms with Gasteiger partial charge < -0.3 is 16.4 Å². The molecule has 0 spiro atoms. The van der Waals surface area contributed by atoms with E-state index in [-0.39, 0.29) is 0 Å². The highest BCUT2D eigenvalue weighted by atomic mass is 32.1. The molecular formula is C16H18N4S. The molecule has 2 aromatic heterocycles. The van der Waals surface area contributed by atoms with Crippen molar-refractivity contribution in [2.45, 2.75) is 18.9 Å². The molecule has 0 radical (unpaired) electrons. The zero-order valence-electron chi connectivity index (χ0n) is 11.7. The Hall–Kier alpha value is -1.85. The first kappa shape index (κ1) is 12.9. The third-order valence-electron chi connectivity index (χ3n) is 4.10. The van der Waals surface area contributed by atoms with Crippen molar-refractivity contribution in [3.05, 3.63) is 29.6 Å². The lowest BCUT2D eigenvalue weighted by Crippen LogP contribution is -2.35. The summed E-state index contributed by atoms with van der Waals surface area (Å²) in [7, 11) is 0. The fourth-order valence-electron chi connectivity index (χ4n) is 2.99. The molecule has 3 aromatic rings. The van der Waals surface area contributed by atoms with Crippen molar-refractivity contribution in [2.75, 3.05) is 24.1 Å². The number of piperidine rings is 1. The minimum atomic E-state index is 0.500. The molecule has 21 heavy (non-hydrogen) atoms. The monoisotopic (exact) mass is 298 g/mol. The Kier molecular flexibility index (Phi) is 3.16. The second-order valence-electron chi connectivity index (χ2n) is 5.57. The molecule has 0 saturated carbocycles. The molecule has 0 atom stereocenters. The van der Waals surface area contributed by atoms with Gasteiger partial charge in [-0.15, -0.1) is 11.3 Å². The van der Waals surface area contributed by atoms with Crippen molar-refractivity contribution in [3.8, 4) is 0 Å². The number of aromatic nitrogens is 1. The summed E-state index contributed by atoms with van der Waals surface area (Å²) in [6.07, 6.45) is 2.28. The molecular weight excluding hydrogens is 280 g/mol. The van der Waals surface area contributed by atoms with Crippen LogP contribution in [0.4, 0.5) is 11.5 Å². The third kappa shape index (κ3) is 2.32. The first-order valence-corrected chi connectivity index (χ1v) is 8.23. The second kappa shape index (κ2) is 5.16. The topological polar surface area (TPSA) is 63.0 Å². The van der Waals surface area contributed by atoms with E-state index >= 15 is 0 Å². The van der Waals surface area contributed by atoms with Crippen LogP contribution in [-0.2, 0) is 0 Å². The zero-order chi connectivity index (χ0) is 14.2. The highest BCUT2D eigenvalue weighted by molar-refractivity contribution is 7.18. The molecule has 1 saturated heterocycles. The van der Waals surface area contributed by atoms with Gasteiger partial charge in [-0.1, -0.05) is 0 Å². The molecule has 1 aromatic carbocycles. The predicted octanol–water partition coefficient (Wildman–Crippen LogP) is 3.20. The normalized spacial score (nSPS) is 16.6. The van der Waals surface area contributed by atoms with Gasteiger partial charge in [0.05, 0.1) is 5.52 Å². The van der Waals surface area contributed by atoms with Crippen molar-refractivity contribution in [3.63, 3.8) is 0 Å². The van der Waals surface area contributed by atoms with Crippen molar-refractivity contribution in [1.29, 1.82) is 0 Å². The van der Waals surface area contributed by atoms with E-state index in [2.05, 4.69) is 28.1 Å². The molecule has 3 heterocycles. The van der Waals surface area contributed by atoms with Gasteiger partial charge in [0.1, 0.15) is 5.82 Å². The predicted molar refractivity (Wildman–Crippen MR) is 91.1 cm³/mol. The highest BCUT2D eigenvalue weighted by Gasteiger charge is 2.16. The number of benzene rings is 1. The number of anilines is 2. The van der Waals surface area contributed by atoms with E-state index in [0.29, 0.717) is 6.04 Å². The van der Waals surface area contributed by atoms with E-state index < -0.39 is 0 Å². The van der Waals surface area contributed by atoms with Crippen LogP contribution >= 0.6 is 11.3 Å². The number of pyridine rings is 1. The second-order valence-corrected chi connectivity index (χ2v) is 6.49. The van der Waals surface area contributed by atoms with Crippen LogP contribution in [0.2, 0.25) is 0 Å². The van der Waals surface area contributed by atoms with E-state index in [0.717, 1.165) is 43.0 Å². The van der Waals surface area contributed by atoms with Gasteiger partial charge in [-0.2, -0.15) is 0 Å². The molecule has 5 heteroatoms. The van der Waals surface area contributed by atoms with Gasteiger partial charge in [0, 0.05) is 27.2 Å². The van der Waals surface area contributed by atoms with Crippen LogP contribution in [0, 0.1) is 0 Å². The summed E-state index contributed by atoms with van der Waals surface area (Å²) in [5.41, 5.74) is 7.65. The Morgan fingerprint density at radius 2 is 2.05 bits per heavy atom. The summed E-state index contributed by atoms with van der Waals surface area (Å²) >= 11 is 1.77. The number of hydrogen-bond acceptors (Lipinski definition) is 5. The fourth-order valence-corrected chi connectivity index (χ4v) is 3.92. The van der Waals surface area contributed by atoms with Gasteiger partial charge in [-0.05, 0) is 55.6 Å². The van der Waals surface area contributed by atoms with Crippen molar-refractivity contribution >= 4 is 43.8 Å². The number of hydrogen-bond donors (Lipinski definition) is 3. The molecule has 0 aliphatic carbocycles. The van der Waals surface area contributed by atoms with Crippen LogP contribution in [-0.4, -0.2) is 24.1 Å². The Morgan fingerprint density at radius 1 is 1.19 bits per heavy atom. The average molecular weight is 298 g/mol. The maximum atomic E-state index is 5.91. The third-order valence-corrected chi connectivity index (χ3v) is 5.05. The lowest BCUT2D eigenvalue weighted by molar-refractivity contribution is 0.478. The van der Waals surface area contributed by atoms with Crippen LogP contribution in [0.25, 0.3) is 21.0 Å². The van der Waals surface area contributed by atoms with Gasteiger partial charge in [-0.25, -0.2) is 4.98 Å². The molecule has 1 fully saturated rings. The first-order chi connectivity index (χ1) is 10.3. The Labute approximate surface area is 127 Å². The van der Waals surface area contributed by atoms with Crippen molar-refractivity contribution in [1.82, 2.24) is 10.3 Å². The van der Waals surface area contributed by atoms with E-state index in [1.807, 2.05) is 12.1 Å². The molecule has 4 rings (SSSR count). The molecule has 1 aliphatic heterocycles. The van der Waals surface area contributed by atoms with Crippen LogP contribution < -0.4 is 16.4 Å². The smallest absolute Gasteiger partial charge is 0.135 e. The standard InChI is InChI=1S/C16H18N4S/c17-10-1-2-12-14(9-10)20-16(13-5-8-21-15(12)13)19-11-3-6-18-7-4-11/h1-2,5,8-9,11,18H,3-4,6-7,17H2,(H,19,20). The average Bonchev–Trinajstić information content (AvgIpc) is 2.98. The lowest BCUT2D eigenvalue weighted by atomic mass is 10.1. The summed E-state index contributed by atoms with van der Waals surface area (Å²) in [5.74, 6) is 0.997. The maximum Gasteiger partial charge on any atom is 0.135 e. The minimum Gasteiger partial charge on any atom is -0.399 e. The lowest BCUT2D eigenvalue weighted by Gasteiger charge is -2.24. The van der Waals surface area contributed by atoms with E-state index in [4.69, 9.17) is 10.7 Å². The molecule has 0 amide bonds. The largest absolute Gasteiger partial charge is 0.399 e. The molecule has 1 aliphatic rings. The van der Waals surface area contributed by atoms with E-state index in [9.17, 15) is 0 Å².